The second-order valence-electron chi connectivity index (χ2n) is 6.40. The minimum absolute atomic E-state index is 0.173. The van der Waals surface area contributed by atoms with Gasteiger partial charge in [-0.1, -0.05) is 6.08 Å². The number of likely N-dealkylation sites (tertiary alicyclic amines) is 2. The minimum atomic E-state index is 0.173. The molecule has 0 bridgehead atoms. The average molecular weight is 287 g/mol. The van der Waals surface area contributed by atoms with Gasteiger partial charge in [-0.05, 0) is 44.4 Å². The summed E-state index contributed by atoms with van der Waals surface area (Å²) in [6.45, 7) is 7.71. The standard InChI is InChI=1S/C17H25N3O/c1-3-10-20-13-6-9-17(20)8-5-12-19(14-17)16(21)15-7-4-11-18(15)2/h3-4,7,11H,1,5-6,8-10,12-14H2,2H3/t17-/m1/s1. The smallest absolute Gasteiger partial charge is 0.270 e. The van der Waals surface area contributed by atoms with Crippen LogP contribution in [-0.4, -0.2) is 52.0 Å². The summed E-state index contributed by atoms with van der Waals surface area (Å²) in [4.78, 5) is 17.3. The SMILES string of the molecule is C=CCN1CCC[C@@]12CCCN(C(=O)c1cccn1C)C2. The molecule has 2 aliphatic rings. The van der Waals surface area contributed by atoms with Crippen molar-refractivity contribution in [2.75, 3.05) is 26.2 Å². The van der Waals surface area contributed by atoms with Crippen molar-refractivity contribution in [2.24, 2.45) is 7.05 Å². The van der Waals surface area contributed by atoms with Crippen molar-refractivity contribution in [3.05, 3.63) is 36.7 Å². The van der Waals surface area contributed by atoms with Crippen molar-refractivity contribution in [3.8, 4) is 0 Å². The molecule has 4 heteroatoms. The van der Waals surface area contributed by atoms with Gasteiger partial charge in [0.2, 0.25) is 0 Å². The molecule has 0 unspecified atom stereocenters. The predicted octanol–water partition coefficient (Wildman–Crippen LogP) is 2.28. The highest BCUT2D eigenvalue weighted by Crippen LogP contribution is 2.37. The molecule has 0 aromatic carbocycles. The molecule has 4 nitrogen and oxygen atoms in total. The summed E-state index contributed by atoms with van der Waals surface area (Å²) in [5.74, 6) is 0.173. The van der Waals surface area contributed by atoms with Crippen LogP contribution < -0.4 is 0 Å². The summed E-state index contributed by atoms with van der Waals surface area (Å²) in [6.07, 6.45) is 8.68. The number of nitrogens with zero attached hydrogens (tertiary/aromatic N) is 3. The predicted molar refractivity (Wildman–Crippen MR) is 84.3 cm³/mol. The zero-order chi connectivity index (χ0) is 14.9. The molecule has 0 N–H and O–H groups in total. The number of hydrogen-bond donors (Lipinski definition) is 0. The van der Waals surface area contributed by atoms with Crippen LogP contribution in [-0.2, 0) is 7.05 Å². The molecule has 0 aliphatic carbocycles. The summed E-state index contributed by atoms with van der Waals surface area (Å²) in [6, 6.07) is 3.85. The third-order valence-electron chi connectivity index (χ3n) is 5.10. The van der Waals surface area contributed by atoms with Crippen molar-refractivity contribution >= 4 is 5.91 Å². The van der Waals surface area contributed by atoms with Crippen molar-refractivity contribution in [3.63, 3.8) is 0 Å². The Kier molecular flexibility index (Phi) is 3.89. The van der Waals surface area contributed by atoms with E-state index in [1.54, 1.807) is 0 Å². The summed E-state index contributed by atoms with van der Waals surface area (Å²) in [5.41, 5.74) is 0.980. The van der Waals surface area contributed by atoms with E-state index in [2.05, 4.69) is 16.4 Å². The van der Waals surface area contributed by atoms with E-state index in [1.807, 2.05) is 36.0 Å². The second-order valence-corrected chi connectivity index (χ2v) is 6.40. The third-order valence-corrected chi connectivity index (χ3v) is 5.10. The number of amides is 1. The topological polar surface area (TPSA) is 28.5 Å². The molecule has 1 atom stereocenters. The Hall–Kier alpha value is -1.55. The van der Waals surface area contributed by atoms with Gasteiger partial charge in [-0.3, -0.25) is 9.69 Å². The molecule has 0 saturated carbocycles. The van der Waals surface area contributed by atoms with E-state index in [9.17, 15) is 4.79 Å². The van der Waals surface area contributed by atoms with E-state index in [0.29, 0.717) is 0 Å². The number of piperidine rings is 1. The maximum absolute atomic E-state index is 12.8. The van der Waals surface area contributed by atoms with Crippen LogP contribution in [0, 0.1) is 0 Å². The molecule has 1 aromatic heterocycles. The fourth-order valence-electron chi connectivity index (χ4n) is 4.03. The first-order valence-electron chi connectivity index (χ1n) is 7.93. The summed E-state index contributed by atoms with van der Waals surface area (Å²) in [7, 11) is 1.94. The first kappa shape index (κ1) is 14.4. The quantitative estimate of drug-likeness (QED) is 0.798. The van der Waals surface area contributed by atoms with Crippen LogP contribution in [0.1, 0.15) is 36.2 Å². The Balaban J connectivity index is 1.78. The van der Waals surface area contributed by atoms with E-state index >= 15 is 0 Å². The number of rotatable bonds is 3. The Labute approximate surface area is 127 Å². The first-order valence-corrected chi connectivity index (χ1v) is 7.93. The molecule has 1 spiro atoms. The van der Waals surface area contributed by atoms with Gasteiger partial charge in [0.15, 0.2) is 0 Å². The molecule has 0 radical (unpaired) electrons. The lowest BCUT2D eigenvalue weighted by atomic mass is 9.86. The van der Waals surface area contributed by atoms with Gasteiger partial charge in [0.1, 0.15) is 5.69 Å². The fraction of sp³-hybridized carbons (Fsp3) is 0.588. The lowest BCUT2D eigenvalue weighted by Gasteiger charge is -2.45. The van der Waals surface area contributed by atoms with Gasteiger partial charge < -0.3 is 9.47 Å². The molecular formula is C17H25N3O. The molecule has 2 saturated heterocycles. The van der Waals surface area contributed by atoms with Crippen molar-refractivity contribution in [2.45, 2.75) is 31.2 Å². The maximum Gasteiger partial charge on any atom is 0.270 e. The van der Waals surface area contributed by atoms with Crippen LogP contribution in [0.15, 0.2) is 31.0 Å². The summed E-state index contributed by atoms with van der Waals surface area (Å²) >= 11 is 0. The summed E-state index contributed by atoms with van der Waals surface area (Å²) in [5, 5.41) is 0. The van der Waals surface area contributed by atoms with Crippen molar-refractivity contribution < 1.29 is 4.79 Å². The molecule has 1 amide bonds. The van der Waals surface area contributed by atoms with Crippen LogP contribution in [0.3, 0.4) is 0 Å². The Morgan fingerprint density at radius 2 is 2.14 bits per heavy atom. The zero-order valence-corrected chi connectivity index (χ0v) is 12.9. The van der Waals surface area contributed by atoms with Crippen LogP contribution in [0.2, 0.25) is 0 Å². The average Bonchev–Trinajstić information content (AvgIpc) is 3.06. The number of aromatic nitrogens is 1. The van der Waals surface area contributed by atoms with E-state index in [0.717, 1.165) is 38.3 Å². The van der Waals surface area contributed by atoms with Crippen LogP contribution >= 0.6 is 0 Å². The van der Waals surface area contributed by atoms with Gasteiger partial charge >= 0.3 is 0 Å². The molecule has 21 heavy (non-hydrogen) atoms. The molecule has 3 heterocycles. The lowest BCUT2D eigenvalue weighted by Crippen LogP contribution is -2.57. The molecule has 2 fully saturated rings. The highest BCUT2D eigenvalue weighted by atomic mass is 16.2. The monoisotopic (exact) mass is 287 g/mol. The van der Waals surface area contributed by atoms with Crippen LogP contribution in [0.25, 0.3) is 0 Å². The zero-order valence-electron chi connectivity index (χ0n) is 12.9. The number of hydrogen-bond acceptors (Lipinski definition) is 2. The van der Waals surface area contributed by atoms with Crippen molar-refractivity contribution in [1.29, 1.82) is 0 Å². The van der Waals surface area contributed by atoms with Crippen LogP contribution in [0.5, 0.6) is 0 Å². The van der Waals surface area contributed by atoms with Gasteiger partial charge in [0.05, 0.1) is 0 Å². The Bertz CT molecular complexity index is 536. The van der Waals surface area contributed by atoms with Crippen molar-refractivity contribution in [1.82, 2.24) is 14.4 Å². The van der Waals surface area contributed by atoms with Crippen LogP contribution in [0.4, 0.5) is 0 Å². The third kappa shape index (κ3) is 2.53. The van der Waals surface area contributed by atoms with E-state index < -0.39 is 0 Å². The van der Waals surface area contributed by atoms with Gasteiger partial charge in [0, 0.05) is 38.4 Å². The molecular weight excluding hydrogens is 262 g/mol. The molecule has 2 aliphatic heterocycles. The summed E-state index contributed by atoms with van der Waals surface area (Å²) < 4.78 is 1.92. The number of carbonyl (C=O) groups is 1. The van der Waals surface area contributed by atoms with Gasteiger partial charge in [0.25, 0.3) is 5.91 Å². The lowest BCUT2D eigenvalue weighted by molar-refractivity contribution is 0.0360. The Morgan fingerprint density at radius 1 is 1.38 bits per heavy atom. The van der Waals surface area contributed by atoms with Gasteiger partial charge in [-0.25, -0.2) is 0 Å². The van der Waals surface area contributed by atoms with Gasteiger partial charge in [-0.15, -0.1) is 6.58 Å². The highest BCUT2D eigenvalue weighted by Gasteiger charge is 2.44. The largest absolute Gasteiger partial charge is 0.347 e. The van der Waals surface area contributed by atoms with E-state index in [-0.39, 0.29) is 11.4 Å². The minimum Gasteiger partial charge on any atom is -0.347 e. The Morgan fingerprint density at radius 3 is 2.81 bits per heavy atom. The highest BCUT2D eigenvalue weighted by molar-refractivity contribution is 5.92. The number of aryl methyl sites for hydroxylation is 1. The second kappa shape index (κ2) is 5.68. The maximum atomic E-state index is 12.8. The molecule has 114 valence electrons. The first-order chi connectivity index (χ1) is 10.2. The normalized spacial score (nSPS) is 26.4. The fourth-order valence-corrected chi connectivity index (χ4v) is 4.03. The van der Waals surface area contributed by atoms with Gasteiger partial charge in [-0.2, -0.15) is 0 Å². The number of carbonyl (C=O) groups excluding carboxylic acids is 1. The van der Waals surface area contributed by atoms with E-state index in [4.69, 9.17) is 0 Å². The molecule has 1 aromatic rings. The molecule has 3 rings (SSSR count). The van der Waals surface area contributed by atoms with E-state index in [1.165, 1.54) is 19.3 Å².